The quantitative estimate of drug-likeness (QED) is 0.540. The molecule has 0 saturated carbocycles. The van der Waals surface area contributed by atoms with Gasteiger partial charge >= 0.3 is 0 Å². The van der Waals surface area contributed by atoms with Crippen molar-refractivity contribution in [3.05, 3.63) is 77.3 Å². The molecule has 0 radical (unpaired) electrons. The maximum Gasteiger partial charge on any atom is 0.243 e. The largest absolute Gasteiger partial charge is 0.395 e. The molecule has 0 fully saturated rings. The predicted octanol–water partition coefficient (Wildman–Crippen LogP) is 5.09. The maximum absolute atomic E-state index is 13.5. The van der Waals surface area contributed by atoms with Crippen LogP contribution < -0.4 is 0 Å². The van der Waals surface area contributed by atoms with Gasteiger partial charge in [0.25, 0.3) is 0 Å². The number of rotatable bonds is 8. The highest BCUT2D eigenvalue weighted by molar-refractivity contribution is 7.89. The molecule has 0 aliphatic rings. The van der Waals surface area contributed by atoms with Crippen LogP contribution >= 0.6 is 11.6 Å². The van der Waals surface area contributed by atoms with Crippen molar-refractivity contribution in [1.82, 2.24) is 4.31 Å². The van der Waals surface area contributed by atoms with Gasteiger partial charge in [-0.1, -0.05) is 61.8 Å². The van der Waals surface area contributed by atoms with Crippen LogP contribution in [0.25, 0.3) is 10.8 Å². The van der Waals surface area contributed by atoms with Gasteiger partial charge < -0.3 is 5.11 Å². The molecular formula is C23H26ClNO3S. The van der Waals surface area contributed by atoms with Crippen LogP contribution in [0.4, 0.5) is 0 Å². The van der Waals surface area contributed by atoms with Crippen LogP contribution in [0.2, 0.25) is 5.02 Å². The van der Waals surface area contributed by atoms with Gasteiger partial charge in [-0.05, 0) is 59.0 Å². The Bertz CT molecular complexity index is 1060. The number of sulfonamides is 1. The lowest BCUT2D eigenvalue weighted by molar-refractivity contribution is 0.164. The highest BCUT2D eigenvalue weighted by Gasteiger charge is 2.31. The second-order valence-electron chi connectivity index (χ2n) is 7.65. The van der Waals surface area contributed by atoms with Crippen LogP contribution in [0.3, 0.4) is 0 Å². The maximum atomic E-state index is 13.5. The smallest absolute Gasteiger partial charge is 0.243 e. The molecule has 1 atom stereocenters. The van der Waals surface area contributed by atoms with E-state index in [4.69, 9.17) is 11.6 Å². The summed E-state index contributed by atoms with van der Waals surface area (Å²) < 4.78 is 28.3. The molecule has 0 spiro atoms. The average molecular weight is 432 g/mol. The van der Waals surface area contributed by atoms with Gasteiger partial charge in [0.05, 0.1) is 11.5 Å². The summed E-state index contributed by atoms with van der Waals surface area (Å²) in [6.45, 7) is 3.99. The Morgan fingerprint density at radius 2 is 1.62 bits per heavy atom. The predicted molar refractivity (Wildman–Crippen MR) is 118 cm³/mol. The molecule has 0 aliphatic carbocycles. The van der Waals surface area contributed by atoms with Crippen LogP contribution in [0.1, 0.15) is 25.8 Å². The molecule has 0 heterocycles. The standard InChI is InChI=1S/C23H26ClNO3S/c1-17(2)13-22(16-26)25(29(27,28)23-11-9-21(24)10-12-23)15-18-7-8-19-5-3-4-6-20(19)14-18/h3-12,14,17,22,26H,13,15-16H2,1-2H3. The SMILES string of the molecule is CC(C)CC(CO)N(Cc1ccc2ccccc2c1)S(=O)(=O)c1ccc(Cl)cc1. The van der Waals surface area contributed by atoms with E-state index in [0.29, 0.717) is 11.4 Å². The highest BCUT2D eigenvalue weighted by atomic mass is 35.5. The minimum absolute atomic E-state index is 0.171. The van der Waals surface area contributed by atoms with E-state index >= 15 is 0 Å². The summed E-state index contributed by atoms with van der Waals surface area (Å²) >= 11 is 5.94. The lowest BCUT2D eigenvalue weighted by Gasteiger charge is -2.31. The van der Waals surface area contributed by atoms with Gasteiger partial charge in [-0.15, -0.1) is 0 Å². The number of hydrogen-bond donors (Lipinski definition) is 1. The summed E-state index contributed by atoms with van der Waals surface area (Å²) in [4.78, 5) is 0.171. The first-order chi connectivity index (χ1) is 13.8. The Hall–Kier alpha value is -1.92. The molecule has 0 amide bonds. The van der Waals surface area contributed by atoms with Crippen molar-refractivity contribution in [2.24, 2.45) is 5.92 Å². The third kappa shape index (κ3) is 5.17. The van der Waals surface area contributed by atoms with E-state index in [1.807, 2.05) is 56.3 Å². The second kappa shape index (κ2) is 9.26. The van der Waals surface area contributed by atoms with Crippen LogP contribution in [-0.2, 0) is 16.6 Å². The van der Waals surface area contributed by atoms with Crippen molar-refractivity contribution in [2.45, 2.75) is 37.8 Å². The number of aliphatic hydroxyl groups excluding tert-OH is 1. The molecular weight excluding hydrogens is 406 g/mol. The first-order valence-electron chi connectivity index (χ1n) is 9.67. The van der Waals surface area contributed by atoms with Crippen molar-refractivity contribution in [1.29, 1.82) is 0 Å². The first kappa shape index (κ1) is 21.8. The van der Waals surface area contributed by atoms with E-state index in [2.05, 4.69) is 0 Å². The zero-order valence-electron chi connectivity index (χ0n) is 16.6. The van der Waals surface area contributed by atoms with Crippen LogP contribution in [0.15, 0.2) is 71.6 Å². The minimum atomic E-state index is -3.81. The average Bonchev–Trinajstić information content (AvgIpc) is 2.70. The van der Waals surface area contributed by atoms with E-state index < -0.39 is 16.1 Å². The van der Waals surface area contributed by atoms with Crippen molar-refractivity contribution >= 4 is 32.4 Å². The molecule has 0 saturated heterocycles. The molecule has 0 bridgehead atoms. The fourth-order valence-corrected chi connectivity index (χ4v) is 5.24. The Kier molecular flexibility index (Phi) is 6.96. The third-order valence-corrected chi connectivity index (χ3v) is 7.10. The van der Waals surface area contributed by atoms with E-state index in [1.165, 1.54) is 16.4 Å². The Morgan fingerprint density at radius 3 is 2.24 bits per heavy atom. The number of benzene rings is 3. The molecule has 0 aliphatic heterocycles. The van der Waals surface area contributed by atoms with E-state index in [9.17, 15) is 13.5 Å². The zero-order chi connectivity index (χ0) is 21.0. The van der Waals surface area contributed by atoms with Crippen LogP contribution in [0.5, 0.6) is 0 Å². The van der Waals surface area contributed by atoms with Gasteiger partial charge in [0.2, 0.25) is 10.0 Å². The van der Waals surface area contributed by atoms with Gasteiger partial charge in [0.15, 0.2) is 0 Å². The second-order valence-corrected chi connectivity index (χ2v) is 9.98. The molecule has 1 unspecified atom stereocenters. The van der Waals surface area contributed by atoms with Gasteiger partial charge in [0, 0.05) is 17.6 Å². The molecule has 0 aromatic heterocycles. The van der Waals surface area contributed by atoms with Gasteiger partial charge in [-0.3, -0.25) is 0 Å². The summed E-state index contributed by atoms with van der Waals surface area (Å²) in [5.41, 5.74) is 0.878. The molecule has 3 rings (SSSR count). The van der Waals surface area contributed by atoms with Crippen molar-refractivity contribution in [2.75, 3.05) is 6.61 Å². The van der Waals surface area contributed by atoms with Crippen LogP contribution in [0, 0.1) is 5.92 Å². The van der Waals surface area contributed by atoms with E-state index in [-0.39, 0.29) is 24.0 Å². The number of aliphatic hydroxyl groups is 1. The minimum Gasteiger partial charge on any atom is -0.395 e. The lowest BCUT2D eigenvalue weighted by Crippen LogP contribution is -2.42. The summed E-state index contributed by atoms with van der Waals surface area (Å²) in [5.74, 6) is 0.242. The summed E-state index contributed by atoms with van der Waals surface area (Å²) in [5, 5.41) is 12.7. The van der Waals surface area contributed by atoms with Gasteiger partial charge in [0.1, 0.15) is 0 Å². The van der Waals surface area contributed by atoms with Crippen molar-refractivity contribution in [3.8, 4) is 0 Å². The van der Waals surface area contributed by atoms with Gasteiger partial charge in [-0.2, -0.15) is 4.31 Å². The van der Waals surface area contributed by atoms with Crippen molar-refractivity contribution in [3.63, 3.8) is 0 Å². The Balaban J connectivity index is 2.02. The molecule has 154 valence electrons. The first-order valence-corrected chi connectivity index (χ1v) is 11.5. The highest BCUT2D eigenvalue weighted by Crippen LogP contribution is 2.26. The number of hydrogen-bond acceptors (Lipinski definition) is 3. The third-order valence-electron chi connectivity index (χ3n) is 4.93. The monoisotopic (exact) mass is 431 g/mol. The molecule has 3 aromatic carbocycles. The normalized spacial score (nSPS) is 13.3. The molecule has 6 heteroatoms. The molecule has 3 aromatic rings. The summed E-state index contributed by atoms with van der Waals surface area (Å²) in [6.07, 6.45) is 0.566. The Morgan fingerprint density at radius 1 is 0.966 bits per heavy atom. The number of halogens is 1. The zero-order valence-corrected chi connectivity index (χ0v) is 18.2. The summed E-state index contributed by atoms with van der Waals surface area (Å²) in [6, 6.07) is 19.6. The molecule has 4 nitrogen and oxygen atoms in total. The van der Waals surface area contributed by atoms with E-state index in [1.54, 1.807) is 12.1 Å². The van der Waals surface area contributed by atoms with Crippen LogP contribution in [-0.4, -0.2) is 30.5 Å². The molecule has 1 N–H and O–H groups in total. The number of nitrogens with zero attached hydrogens (tertiary/aromatic N) is 1. The fourth-order valence-electron chi connectivity index (χ4n) is 3.50. The summed E-state index contributed by atoms with van der Waals surface area (Å²) in [7, 11) is -3.81. The molecule has 29 heavy (non-hydrogen) atoms. The van der Waals surface area contributed by atoms with Crippen molar-refractivity contribution < 1.29 is 13.5 Å². The fraction of sp³-hybridized carbons (Fsp3) is 0.304. The number of fused-ring (bicyclic) bond motifs is 1. The Labute approximate surface area is 177 Å². The van der Waals surface area contributed by atoms with E-state index in [0.717, 1.165) is 16.3 Å². The topological polar surface area (TPSA) is 57.6 Å². The van der Waals surface area contributed by atoms with Gasteiger partial charge in [-0.25, -0.2) is 8.42 Å². The lowest BCUT2D eigenvalue weighted by atomic mass is 10.0.